The van der Waals surface area contributed by atoms with E-state index in [-0.39, 0.29) is 17.9 Å². The minimum Gasteiger partial charge on any atom is -0.480 e. The van der Waals surface area contributed by atoms with Crippen molar-refractivity contribution in [3.63, 3.8) is 0 Å². The van der Waals surface area contributed by atoms with Crippen molar-refractivity contribution in [3.8, 4) is 0 Å². The topological polar surface area (TPSA) is 160 Å². The Balaban J connectivity index is 3.14. The maximum Gasteiger partial charge on any atom is 0.354 e. The molecule has 2 atom stereocenters. The van der Waals surface area contributed by atoms with Crippen molar-refractivity contribution in [1.82, 2.24) is 5.01 Å². The number of nitroso groups, excluding NO2 is 1. The highest BCUT2D eigenvalue weighted by atomic mass is 32.2. The van der Waals surface area contributed by atoms with Crippen molar-refractivity contribution in [2.24, 2.45) is 11.0 Å². The van der Waals surface area contributed by atoms with Gasteiger partial charge in [-0.2, -0.15) is 0 Å². The molecule has 11 heteroatoms. The first-order chi connectivity index (χ1) is 9.79. The highest BCUT2D eigenvalue weighted by Crippen LogP contribution is 2.33. The highest BCUT2D eigenvalue weighted by Gasteiger charge is 2.40. The van der Waals surface area contributed by atoms with Crippen LogP contribution in [-0.2, 0) is 19.1 Å². The second-order valence-electron chi connectivity index (χ2n) is 4.03. The summed E-state index contributed by atoms with van der Waals surface area (Å²) in [5, 5.41) is 19.9. The van der Waals surface area contributed by atoms with Gasteiger partial charge in [0.1, 0.15) is 18.0 Å². The third kappa shape index (κ3) is 3.92. The summed E-state index contributed by atoms with van der Waals surface area (Å²) in [5.41, 5.74) is 5.04. The van der Waals surface area contributed by atoms with Gasteiger partial charge in [-0.25, -0.2) is 9.80 Å². The second-order valence-corrected chi connectivity index (χ2v) is 5.13. The van der Waals surface area contributed by atoms with Crippen LogP contribution in [0.1, 0.15) is 6.92 Å². The van der Waals surface area contributed by atoms with Crippen LogP contribution in [0.25, 0.3) is 0 Å². The van der Waals surface area contributed by atoms with Gasteiger partial charge in [-0.15, -0.1) is 16.7 Å². The quantitative estimate of drug-likeness (QED) is 0.424. The average Bonchev–Trinajstić information content (AvgIpc) is 2.42. The molecule has 1 aliphatic rings. The molecule has 0 spiro atoms. The van der Waals surface area contributed by atoms with Gasteiger partial charge in [0.15, 0.2) is 5.70 Å². The van der Waals surface area contributed by atoms with Gasteiger partial charge >= 0.3 is 17.9 Å². The fraction of sp³-hybridized carbons (Fsp3) is 0.500. The predicted molar refractivity (Wildman–Crippen MR) is 70.8 cm³/mol. The molecule has 1 rings (SSSR count). The summed E-state index contributed by atoms with van der Waals surface area (Å²) < 4.78 is 4.71. The van der Waals surface area contributed by atoms with E-state index in [1.807, 2.05) is 0 Å². The lowest BCUT2D eigenvalue weighted by atomic mass is 10.2. The number of ether oxygens (including phenoxy) is 1. The van der Waals surface area contributed by atoms with Gasteiger partial charge in [0.05, 0.1) is 5.29 Å². The Hall–Kier alpha value is -2.14. The Morgan fingerprint density at radius 1 is 1.52 bits per heavy atom. The van der Waals surface area contributed by atoms with Gasteiger partial charge < -0.3 is 20.7 Å². The van der Waals surface area contributed by atoms with E-state index in [0.717, 1.165) is 18.7 Å². The maximum absolute atomic E-state index is 11.3. The standard InChI is InChI=1S/C10H13N3O7S/c1-4(14)20-2-5-3-21-8(6(11)9(15)16)13(12-19)7(5)10(17)18/h6,8H,2-3,11H2,1H3,(H,15,16)(H,17,18)/t6-,8+/m0/s1. The number of thioether (sulfide) groups is 1. The van der Waals surface area contributed by atoms with E-state index in [9.17, 15) is 24.4 Å². The van der Waals surface area contributed by atoms with E-state index in [0.29, 0.717) is 5.01 Å². The number of carbonyl (C=O) groups excluding carboxylic acids is 1. The Labute approximate surface area is 122 Å². The third-order valence-electron chi connectivity index (χ3n) is 2.57. The monoisotopic (exact) mass is 319 g/mol. The van der Waals surface area contributed by atoms with E-state index in [2.05, 4.69) is 5.29 Å². The zero-order valence-corrected chi connectivity index (χ0v) is 11.7. The fourth-order valence-electron chi connectivity index (χ4n) is 1.63. The summed E-state index contributed by atoms with van der Waals surface area (Å²) in [6.45, 7) is 0.820. The van der Waals surface area contributed by atoms with Crippen molar-refractivity contribution in [3.05, 3.63) is 16.2 Å². The van der Waals surface area contributed by atoms with Gasteiger partial charge in [-0.3, -0.25) is 9.59 Å². The minimum absolute atomic E-state index is 0.0482. The number of carboxylic acids is 2. The second kappa shape index (κ2) is 7.04. The first-order valence-electron chi connectivity index (χ1n) is 5.60. The number of hydrogen-bond acceptors (Lipinski definition) is 8. The molecule has 0 amide bonds. The van der Waals surface area contributed by atoms with Crippen LogP contribution in [0.2, 0.25) is 0 Å². The summed E-state index contributed by atoms with van der Waals surface area (Å²) in [7, 11) is 0. The molecule has 0 bridgehead atoms. The number of nitrogens with two attached hydrogens (primary N) is 1. The number of hydrogen-bond donors (Lipinski definition) is 3. The van der Waals surface area contributed by atoms with Crippen molar-refractivity contribution >= 4 is 29.7 Å². The number of esters is 1. The third-order valence-corrected chi connectivity index (χ3v) is 3.92. The summed E-state index contributed by atoms with van der Waals surface area (Å²) in [5.74, 6) is -3.45. The van der Waals surface area contributed by atoms with E-state index in [4.69, 9.17) is 15.6 Å². The van der Waals surface area contributed by atoms with Crippen molar-refractivity contribution in [1.29, 1.82) is 0 Å². The van der Waals surface area contributed by atoms with Gasteiger partial charge in [0.25, 0.3) is 0 Å². The normalized spacial score (nSPS) is 19.9. The molecule has 116 valence electrons. The Morgan fingerprint density at radius 2 is 2.14 bits per heavy atom. The number of carboxylic acid groups (broad SMARTS) is 2. The molecular formula is C10H13N3O7S. The molecule has 4 N–H and O–H groups in total. The molecule has 0 fully saturated rings. The Bertz CT molecular complexity index is 507. The molecule has 0 aromatic heterocycles. The molecule has 0 aromatic rings. The molecule has 10 nitrogen and oxygen atoms in total. The lowest BCUT2D eigenvalue weighted by molar-refractivity contribution is -0.141. The van der Waals surface area contributed by atoms with Crippen LogP contribution in [0, 0.1) is 4.91 Å². The fourth-order valence-corrected chi connectivity index (χ4v) is 2.83. The Morgan fingerprint density at radius 3 is 2.57 bits per heavy atom. The molecule has 0 aromatic carbocycles. The largest absolute Gasteiger partial charge is 0.480 e. The highest BCUT2D eigenvalue weighted by molar-refractivity contribution is 8.00. The van der Waals surface area contributed by atoms with Crippen molar-refractivity contribution in [2.75, 3.05) is 12.4 Å². The number of carbonyl (C=O) groups is 3. The molecule has 0 saturated heterocycles. The van der Waals surface area contributed by atoms with Gasteiger partial charge in [0.2, 0.25) is 0 Å². The molecule has 1 heterocycles. The lowest BCUT2D eigenvalue weighted by Gasteiger charge is -2.33. The lowest BCUT2D eigenvalue weighted by Crippen LogP contribution is -2.50. The maximum atomic E-state index is 11.3. The van der Waals surface area contributed by atoms with Crippen LogP contribution in [0.3, 0.4) is 0 Å². The summed E-state index contributed by atoms with van der Waals surface area (Å²) >= 11 is 0.927. The van der Waals surface area contributed by atoms with Gasteiger partial charge in [-0.05, 0) is 0 Å². The van der Waals surface area contributed by atoms with E-state index in [1.54, 1.807) is 0 Å². The zero-order chi connectivity index (χ0) is 16.2. The van der Waals surface area contributed by atoms with Gasteiger partial charge in [-0.1, -0.05) is 0 Å². The first kappa shape index (κ1) is 16.9. The van der Waals surface area contributed by atoms with Crippen LogP contribution in [-0.4, -0.2) is 56.9 Å². The molecule has 1 aliphatic heterocycles. The van der Waals surface area contributed by atoms with E-state index < -0.39 is 35.0 Å². The molecule has 0 saturated carbocycles. The van der Waals surface area contributed by atoms with Crippen LogP contribution in [0.5, 0.6) is 0 Å². The SMILES string of the molecule is CC(=O)OCC1=C(C(=O)O)N(N=O)[C@@H]([C@H](N)C(=O)O)SC1. The average molecular weight is 319 g/mol. The van der Waals surface area contributed by atoms with Crippen LogP contribution < -0.4 is 5.73 Å². The zero-order valence-electron chi connectivity index (χ0n) is 10.9. The molecule has 21 heavy (non-hydrogen) atoms. The number of nitrogens with zero attached hydrogens (tertiary/aromatic N) is 2. The summed E-state index contributed by atoms with van der Waals surface area (Å²) in [4.78, 5) is 43.9. The predicted octanol–water partition coefficient (Wildman–Crippen LogP) is -0.644. The molecule has 0 aliphatic carbocycles. The van der Waals surface area contributed by atoms with E-state index >= 15 is 0 Å². The van der Waals surface area contributed by atoms with Crippen LogP contribution in [0.4, 0.5) is 0 Å². The molecular weight excluding hydrogens is 306 g/mol. The van der Waals surface area contributed by atoms with Crippen molar-refractivity contribution in [2.45, 2.75) is 18.3 Å². The van der Waals surface area contributed by atoms with Crippen LogP contribution >= 0.6 is 11.8 Å². The molecule has 0 radical (unpaired) electrons. The van der Waals surface area contributed by atoms with E-state index in [1.165, 1.54) is 0 Å². The number of rotatable bonds is 6. The first-order valence-corrected chi connectivity index (χ1v) is 6.65. The summed E-state index contributed by atoms with van der Waals surface area (Å²) in [6, 6.07) is -1.50. The van der Waals surface area contributed by atoms with Crippen LogP contribution in [0.15, 0.2) is 16.6 Å². The molecule has 0 unspecified atom stereocenters. The smallest absolute Gasteiger partial charge is 0.354 e. The van der Waals surface area contributed by atoms with Crippen molar-refractivity contribution < 1.29 is 29.3 Å². The minimum atomic E-state index is -1.50. The Kier molecular flexibility index (Phi) is 5.67. The van der Waals surface area contributed by atoms with Gasteiger partial charge in [0, 0.05) is 18.2 Å². The summed E-state index contributed by atoms with van der Waals surface area (Å²) in [6.07, 6.45) is 0. The number of aliphatic carboxylic acids is 2.